The molecule has 0 saturated carbocycles. The van der Waals surface area contributed by atoms with Crippen LogP contribution in [-0.4, -0.2) is 39.5 Å². The van der Waals surface area contributed by atoms with Crippen molar-refractivity contribution in [1.82, 2.24) is 14.5 Å². The molecule has 0 unspecified atom stereocenters. The summed E-state index contributed by atoms with van der Waals surface area (Å²) in [5, 5.41) is 0. The molecule has 2 heterocycles. The molecule has 5 heteroatoms. The largest absolute Gasteiger partial charge is 0.341 e. The van der Waals surface area contributed by atoms with Crippen LogP contribution in [0.2, 0.25) is 0 Å². The van der Waals surface area contributed by atoms with Crippen molar-refractivity contribution in [3.05, 3.63) is 18.2 Å². The summed E-state index contributed by atoms with van der Waals surface area (Å²) < 4.78 is 2.07. The Bertz CT molecular complexity index is 443. The summed E-state index contributed by atoms with van der Waals surface area (Å²) in [5.74, 6) is 1.73. The van der Waals surface area contributed by atoms with Gasteiger partial charge in [0.15, 0.2) is 0 Å². The first kappa shape index (κ1) is 15.0. The minimum atomic E-state index is 0.151. The number of amides is 1. The SMILES string of the molecule is CCC[C@H]1CN(C(=O)CCn2ccnc2CC)C[C@@H]1N. The molecule has 1 aromatic rings. The molecule has 5 nitrogen and oxygen atoms in total. The molecular weight excluding hydrogens is 252 g/mol. The summed E-state index contributed by atoms with van der Waals surface area (Å²) in [6.07, 6.45) is 7.43. The molecule has 2 rings (SSSR count). The van der Waals surface area contributed by atoms with E-state index >= 15 is 0 Å². The Morgan fingerprint density at radius 2 is 2.25 bits per heavy atom. The molecule has 112 valence electrons. The summed E-state index contributed by atoms with van der Waals surface area (Å²) in [7, 11) is 0. The first-order chi connectivity index (χ1) is 9.65. The van der Waals surface area contributed by atoms with E-state index in [0.717, 1.165) is 31.6 Å². The van der Waals surface area contributed by atoms with Crippen LogP contribution in [0.3, 0.4) is 0 Å². The van der Waals surface area contributed by atoms with Gasteiger partial charge in [0.1, 0.15) is 5.82 Å². The van der Waals surface area contributed by atoms with Crippen molar-refractivity contribution in [3.63, 3.8) is 0 Å². The number of hydrogen-bond donors (Lipinski definition) is 1. The summed E-state index contributed by atoms with van der Waals surface area (Å²) in [4.78, 5) is 18.5. The molecule has 20 heavy (non-hydrogen) atoms. The van der Waals surface area contributed by atoms with E-state index < -0.39 is 0 Å². The van der Waals surface area contributed by atoms with E-state index in [0.29, 0.717) is 25.4 Å². The topological polar surface area (TPSA) is 64.2 Å². The third-order valence-electron chi connectivity index (χ3n) is 4.19. The molecule has 2 N–H and O–H groups in total. The van der Waals surface area contributed by atoms with E-state index in [1.54, 1.807) is 6.20 Å². The maximum atomic E-state index is 12.3. The normalized spacial score (nSPS) is 22.4. The van der Waals surface area contributed by atoms with E-state index in [1.807, 2.05) is 11.1 Å². The van der Waals surface area contributed by atoms with Crippen LogP contribution in [0.15, 0.2) is 12.4 Å². The van der Waals surface area contributed by atoms with Crippen molar-refractivity contribution in [2.24, 2.45) is 11.7 Å². The van der Waals surface area contributed by atoms with E-state index in [4.69, 9.17) is 5.73 Å². The standard InChI is InChI=1S/C15H26N4O/c1-3-5-12-10-19(11-13(12)16)15(20)6-8-18-9-7-17-14(18)4-2/h7,9,12-13H,3-6,8,10-11,16H2,1-2H3/t12-,13-/m0/s1. The predicted molar refractivity (Wildman–Crippen MR) is 79.2 cm³/mol. The summed E-state index contributed by atoms with van der Waals surface area (Å²) >= 11 is 0. The van der Waals surface area contributed by atoms with Crippen LogP contribution in [0.5, 0.6) is 0 Å². The van der Waals surface area contributed by atoms with Crippen LogP contribution in [-0.2, 0) is 17.8 Å². The molecule has 1 amide bonds. The van der Waals surface area contributed by atoms with Crippen molar-refractivity contribution >= 4 is 5.91 Å². The van der Waals surface area contributed by atoms with Crippen LogP contribution < -0.4 is 5.73 Å². The van der Waals surface area contributed by atoms with Crippen LogP contribution in [0.1, 0.15) is 38.9 Å². The number of aryl methyl sites for hydroxylation is 2. The number of likely N-dealkylation sites (tertiary alicyclic amines) is 1. The minimum absolute atomic E-state index is 0.151. The quantitative estimate of drug-likeness (QED) is 0.856. The second kappa shape index (κ2) is 6.88. The zero-order valence-electron chi connectivity index (χ0n) is 12.6. The molecule has 0 bridgehead atoms. The maximum absolute atomic E-state index is 12.3. The summed E-state index contributed by atoms with van der Waals surface area (Å²) in [5.41, 5.74) is 6.12. The van der Waals surface area contributed by atoms with Crippen LogP contribution in [0.4, 0.5) is 0 Å². The third kappa shape index (κ3) is 3.39. The molecule has 1 saturated heterocycles. The number of imidazole rings is 1. The highest BCUT2D eigenvalue weighted by Gasteiger charge is 2.31. The number of carbonyl (C=O) groups excluding carboxylic acids is 1. The third-order valence-corrected chi connectivity index (χ3v) is 4.19. The van der Waals surface area contributed by atoms with Gasteiger partial charge < -0.3 is 15.2 Å². The Labute approximate surface area is 121 Å². The molecular formula is C15H26N4O. The lowest BCUT2D eigenvalue weighted by Crippen LogP contribution is -2.32. The number of nitrogens with two attached hydrogens (primary N) is 1. The highest BCUT2D eigenvalue weighted by molar-refractivity contribution is 5.76. The lowest BCUT2D eigenvalue weighted by molar-refractivity contribution is -0.130. The van der Waals surface area contributed by atoms with Crippen molar-refractivity contribution in [2.75, 3.05) is 13.1 Å². The molecule has 1 aromatic heterocycles. The maximum Gasteiger partial charge on any atom is 0.224 e. The molecule has 1 aliphatic rings. The van der Waals surface area contributed by atoms with Crippen LogP contribution in [0.25, 0.3) is 0 Å². The number of nitrogens with zero attached hydrogens (tertiary/aromatic N) is 3. The molecule has 1 aliphatic heterocycles. The molecule has 0 aliphatic carbocycles. The second-order valence-electron chi connectivity index (χ2n) is 5.65. The fraction of sp³-hybridized carbons (Fsp3) is 0.733. The zero-order chi connectivity index (χ0) is 14.5. The number of rotatable bonds is 6. The van der Waals surface area contributed by atoms with Gasteiger partial charge in [-0.15, -0.1) is 0 Å². The lowest BCUT2D eigenvalue weighted by atomic mass is 9.99. The average Bonchev–Trinajstić information content (AvgIpc) is 3.03. The molecule has 0 aromatic carbocycles. The van der Waals surface area contributed by atoms with Gasteiger partial charge in [0.2, 0.25) is 5.91 Å². The van der Waals surface area contributed by atoms with Crippen molar-refractivity contribution in [2.45, 2.75) is 52.1 Å². The lowest BCUT2D eigenvalue weighted by Gasteiger charge is -2.16. The smallest absolute Gasteiger partial charge is 0.224 e. The molecule has 2 atom stereocenters. The Morgan fingerprint density at radius 3 is 2.95 bits per heavy atom. The van der Waals surface area contributed by atoms with Gasteiger partial charge in [-0.25, -0.2) is 4.98 Å². The van der Waals surface area contributed by atoms with E-state index in [1.165, 1.54) is 0 Å². The van der Waals surface area contributed by atoms with Gasteiger partial charge in [0.25, 0.3) is 0 Å². The van der Waals surface area contributed by atoms with Gasteiger partial charge >= 0.3 is 0 Å². The van der Waals surface area contributed by atoms with Gasteiger partial charge in [-0.05, 0) is 12.3 Å². The molecule has 0 radical (unpaired) electrons. The fourth-order valence-electron chi connectivity index (χ4n) is 3.01. The van der Waals surface area contributed by atoms with Crippen molar-refractivity contribution in [1.29, 1.82) is 0 Å². The average molecular weight is 278 g/mol. The van der Waals surface area contributed by atoms with E-state index in [2.05, 4.69) is 23.4 Å². The van der Waals surface area contributed by atoms with Crippen LogP contribution in [0, 0.1) is 5.92 Å². The van der Waals surface area contributed by atoms with Gasteiger partial charge in [0, 0.05) is 50.9 Å². The van der Waals surface area contributed by atoms with Gasteiger partial charge in [-0.3, -0.25) is 4.79 Å². The highest BCUT2D eigenvalue weighted by atomic mass is 16.2. The summed E-state index contributed by atoms with van der Waals surface area (Å²) in [6, 6.07) is 0.151. The fourth-order valence-corrected chi connectivity index (χ4v) is 3.01. The Balaban J connectivity index is 1.84. The predicted octanol–water partition coefficient (Wildman–Crippen LogP) is 1.42. The van der Waals surface area contributed by atoms with E-state index in [9.17, 15) is 4.79 Å². The van der Waals surface area contributed by atoms with Crippen molar-refractivity contribution in [3.8, 4) is 0 Å². The zero-order valence-corrected chi connectivity index (χ0v) is 12.6. The van der Waals surface area contributed by atoms with E-state index in [-0.39, 0.29) is 11.9 Å². The first-order valence-electron chi connectivity index (χ1n) is 7.69. The Morgan fingerprint density at radius 1 is 1.45 bits per heavy atom. The highest BCUT2D eigenvalue weighted by Crippen LogP contribution is 2.21. The van der Waals surface area contributed by atoms with Gasteiger partial charge in [0.05, 0.1) is 0 Å². The number of hydrogen-bond acceptors (Lipinski definition) is 3. The second-order valence-corrected chi connectivity index (χ2v) is 5.65. The number of carbonyl (C=O) groups is 1. The Kier molecular flexibility index (Phi) is 5.17. The van der Waals surface area contributed by atoms with Crippen LogP contribution >= 0.6 is 0 Å². The van der Waals surface area contributed by atoms with Gasteiger partial charge in [-0.1, -0.05) is 20.3 Å². The Hall–Kier alpha value is -1.36. The molecule has 0 spiro atoms. The summed E-state index contributed by atoms with van der Waals surface area (Å²) in [6.45, 7) is 6.51. The first-order valence-corrected chi connectivity index (χ1v) is 7.69. The molecule has 1 fully saturated rings. The van der Waals surface area contributed by atoms with Gasteiger partial charge in [-0.2, -0.15) is 0 Å². The van der Waals surface area contributed by atoms with Crippen molar-refractivity contribution < 1.29 is 4.79 Å². The monoisotopic (exact) mass is 278 g/mol. The number of aromatic nitrogens is 2. The minimum Gasteiger partial charge on any atom is -0.341 e.